The lowest BCUT2D eigenvalue weighted by atomic mass is 10.9. The van der Waals surface area contributed by atoms with Crippen LogP contribution in [-0.2, 0) is 4.74 Å². The van der Waals surface area contributed by atoms with Gasteiger partial charge in [0, 0.05) is 6.42 Å². The van der Waals surface area contributed by atoms with Crippen LogP contribution in [0.4, 0.5) is 0 Å². The number of hydrogen-bond donors (Lipinski definition) is 0. The Morgan fingerprint density at radius 3 is 1.75 bits per heavy atom. The third kappa shape index (κ3) is 0.0285. The summed E-state index contributed by atoms with van der Waals surface area (Å²) in [5, 5.41) is 0. The van der Waals surface area contributed by atoms with E-state index in [1.54, 1.807) is 0 Å². The predicted molar refractivity (Wildman–Crippen MR) is 13.3 cm³/mol. The Balaban J connectivity index is 2.48. The van der Waals surface area contributed by atoms with Crippen molar-refractivity contribution in [3.63, 3.8) is 0 Å². The van der Waals surface area contributed by atoms with E-state index in [9.17, 15) is 0 Å². The van der Waals surface area contributed by atoms with Gasteiger partial charge in [-0.1, -0.05) is 0 Å². The van der Waals surface area contributed by atoms with Gasteiger partial charge in [0.1, 0.15) is 0 Å². The molecule has 1 aliphatic carbocycles. The zero-order valence-electron chi connectivity index (χ0n) is 2.27. The number of fused-ring (bicyclic) bond motifs is 1. The minimum Gasteiger partial charge on any atom is -0.369 e. The van der Waals surface area contributed by atoms with E-state index in [0.29, 0.717) is 0 Å². The average Bonchev–Trinajstić information content (AvgIpc) is 1.36. The zero-order valence-corrected chi connectivity index (χ0v) is 2.27. The Bertz CT molecular complexity index is 39.2. The van der Waals surface area contributed by atoms with E-state index in [0.717, 1.165) is 12.2 Å². The number of rotatable bonds is 0. The van der Waals surface area contributed by atoms with Crippen LogP contribution >= 0.6 is 0 Å². The molecule has 0 N–H and O–H groups in total. The second-order valence-electron chi connectivity index (χ2n) is 1.45. The first kappa shape index (κ1) is 1.41. The molecule has 1 nitrogen and oxygen atoms in total. The van der Waals surface area contributed by atoms with Crippen LogP contribution in [0.2, 0.25) is 0 Å². The lowest BCUT2D eigenvalue weighted by Crippen LogP contribution is -1.62. The quantitative estimate of drug-likeness (QED) is 0.360. The summed E-state index contributed by atoms with van der Waals surface area (Å²) in [4.78, 5) is 0. The molecular formula is C3H4O. The Morgan fingerprint density at radius 2 is 1.75 bits per heavy atom. The van der Waals surface area contributed by atoms with Crippen molar-refractivity contribution in [3.05, 3.63) is 0 Å². The SMILES string of the molecule is C1C2OC12. The largest absolute Gasteiger partial charge is 0.369 e. The van der Waals surface area contributed by atoms with Crippen LogP contribution in [0.3, 0.4) is 0 Å². The van der Waals surface area contributed by atoms with Crippen molar-refractivity contribution >= 4 is 0 Å². The second-order valence-corrected chi connectivity index (χ2v) is 1.45. The minimum absolute atomic E-state index is 0.750. The molecule has 2 fully saturated rings. The van der Waals surface area contributed by atoms with Crippen LogP contribution in [0, 0.1) is 0 Å². The summed E-state index contributed by atoms with van der Waals surface area (Å²) in [6, 6.07) is 0. The van der Waals surface area contributed by atoms with E-state index in [-0.39, 0.29) is 0 Å². The third-order valence-corrected chi connectivity index (χ3v) is 0.949. The van der Waals surface area contributed by atoms with E-state index >= 15 is 0 Å². The highest BCUT2D eigenvalue weighted by molar-refractivity contribution is 5.03. The molecule has 2 aliphatic rings. The number of epoxide rings is 1. The van der Waals surface area contributed by atoms with Gasteiger partial charge in [-0.3, -0.25) is 0 Å². The van der Waals surface area contributed by atoms with Gasteiger partial charge in [0.2, 0.25) is 0 Å². The number of ether oxygens (including phenoxy) is 1. The molecule has 1 heterocycles. The van der Waals surface area contributed by atoms with Gasteiger partial charge in [0.05, 0.1) is 12.2 Å². The van der Waals surface area contributed by atoms with Crippen LogP contribution in [0.15, 0.2) is 0 Å². The van der Waals surface area contributed by atoms with Gasteiger partial charge in [0.25, 0.3) is 0 Å². The van der Waals surface area contributed by atoms with Crippen molar-refractivity contribution in [1.82, 2.24) is 0 Å². The van der Waals surface area contributed by atoms with Gasteiger partial charge in [0.15, 0.2) is 0 Å². The van der Waals surface area contributed by atoms with Crippen LogP contribution in [-0.4, -0.2) is 12.2 Å². The maximum Gasteiger partial charge on any atom is 0.0868 e. The summed E-state index contributed by atoms with van der Waals surface area (Å²) < 4.78 is 4.81. The van der Waals surface area contributed by atoms with Gasteiger partial charge in [-0.25, -0.2) is 0 Å². The Hall–Kier alpha value is -0.0400. The van der Waals surface area contributed by atoms with E-state index in [2.05, 4.69) is 0 Å². The third-order valence-electron chi connectivity index (χ3n) is 0.949. The molecule has 1 heteroatoms. The van der Waals surface area contributed by atoms with Crippen molar-refractivity contribution < 1.29 is 4.74 Å². The maximum atomic E-state index is 4.81. The molecule has 4 heavy (non-hydrogen) atoms. The summed E-state index contributed by atoms with van der Waals surface area (Å²) in [5.41, 5.74) is 0. The Morgan fingerprint density at radius 1 is 1.50 bits per heavy atom. The first-order chi connectivity index (χ1) is 1.97. The first-order valence-electron chi connectivity index (χ1n) is 1.62. The topological polar surface area (TPSA) is 12.5 Å². The van der Waals surface area contributed by atoms with Crippen molar-refractivity contribution in [2.75, 3.05) is 0 Å². The molecule has 0 aromatic heterocycles. The highest BCUT2D eigenvalue weighted by atomic mass is 16.6. The van der Waals surface area contributed by atoms with Gasteiger partial charge in [-0.05, 0) is 0 Å². The van der Waals surface area contributed by atoms with Crippen LogP contribution in [0.1, 0.15) is 6.42 Å². The summed E-state index contributed by atoms with van der Waals surface area (Å²) in [6.45, 7) is 0. The predicted octanol–water partition coefficient (Wildman–Crippen LogP) is 0.157. The summed E-state index contributed by atoms with van der Waals surface area (Å²) >= 11 is 0. The molecule has 2 rings (SSSR count). The number of hydrogen-bond acceptors (Lipinski definition) is 1. The molecule has 22 valence electrons. The first-order valence-corrected chi connectivity index (χ1v) is 1.62. The van der Waals surface area contributed by atoms with Crippen LogP contribution in [0.25, 0.3) is 0 Å². The highest BCUT2D eigenvalue weighted by Crippen LogP contribution is 2.45. The lowest BCUT2D eigenvalue weighted by molar-refractivity contribution is 0.295. The Labute approximate surface area is 24.6 Å². The molecule has 0 aromatic rings. The van der Waals surface area contributed by atoms with Crippen molar-refractivity contribution in [2.45, 2.75) is 18.6 Å². The van der Waals surface area contributed by atoms with E-state index < -0.39 is 0 Å². The summed E-state index contributed by atoms with van der Waals surface area (Å²) in [7, 11) is 0. The highest BCUT2D eigenvalue weighted by Gasteiger charge is 2.56. The van der Waals surface area contributed by atoms with E-state index in [1.165, 1.54) is 6.42 Å². The Kier molecular flexibility index (Phi) is 0.0633. The minimum atomic E-state index is 0.750. The molecule has 0 radical (unpaired) electrons. The molecule has 1 saturated heterocycles. The van der Waals surface area contributed by atoms with Gasteiger partial charge in [-0.15, -0.1) is 0 Å². The molecule has 0 spiro atoms. The summed E-state index contributed by atoms with van der Waals surface area (Å²) in [5.74, 6) is 0. The van der Waals surface area contributed by atoms with Crippen molar-refractivity contribution in [1.29, 1.82) is 0 Å². The standard InChI is InChI=1S/C3H4O/c1-2-3(1)4-2/h2-3H,1H2. The average molecular weight is 56.1 g/mol. The van der Waals surface area contributed by atoms with Crippen LogP contribution in [0.5, 0.6) is 0 Å². The van der Waals surface area contributed by atoms with E-state index in [4.69, 9.17) is 4.74 Å². The van der Waals surface area contributed by atoms with Crippen LogP contribution < -0.4 is 0 Å². The summed E-state index contributed by atoms with van der Waals surface area (Å²) in [6.07, 6.45) is 2.86. The molecular weight excluding hydrogens is 52.0 g/mol. The smallest absolute Gasteiger partial charge is 0.0868 e. The van der Waals surface area contributed by atoms with Gasteiger partial charge >= 0.3 is 0 Å². The fraction of sp³-hybridized carbons (Fsp3) is 1.00. The fourth-order valence-corrected chi connectivity index (χ4v) is 0.318. The molecule has 2 unspecified atom stereocenters. The monoisotopic (exact) mass is 56.0 g/mol. The molecule has 1 saturated carbocycles. The maximum absolute atomic E-state index is 4.81. The van der Waals surface area contributed by atoms with Gasteiger partial charge in [-0.2, -0.15) is 0 Å². The lowest BCUT2D eigenvalue weighted by Gasteiger charge is -1.66. The fourth-order valence-electron chi connectivity index (χ4n) is 0.318. The normalized spacial score (nSPS) is 66.0. The van der Waals surface area contributed by atoms with E-state index in [1.807, 2.05) is 0 Å². The zero-order chi connectivity index (χ0) is 2.57. The molecule has 0 bridgehead atoms. The van der Waals surface area contributed by atoms with Crippen molar-refractivity contribution in [3.8, 4) is 0 Å². The van der Waals surface area contributed by atoms with Crippen molar-refractivity contribution in [2.24, 2.45) is 0 Å². The molecule has 2 atom stereocenters. The molecule has 0 amide bonds. The van der Waals surface area contributed by atoms with Gasteiger partial charge < -0.3 is 4.74 Å². The second kappa shape index (κ2) is 0.179. The molecule has 0 aromatic carbocycles. The molecule has 1 aliphatic heterocycles.